The molecule has 0 radical (unpaired) electrons. The highest BCUT2D eigenvalue weighted by Gasteiger charge is 2.09. The number of phenolic OH excluding ortho intramolecular Hbond substituents is 1. The molecule has 0 atom stereocenters. The average Bonchev–Trinajstić information content (AvgIpc) is 2.58. The molecule has 0 saturated heterocycles. The highest BCUT2D eigenvalue weighted by atomic mass is 35.5. The van der Waals surface area contributed by atoms with Gasteiger partial charge in [0.2, 0.25) is 5.95 Å². The van der Waals surface area contributed by atoms with Gasteiger partial charge < -0.3 is 15.7 Å². The summed E-state index contributed by atoms with van der Waals surface area (Å²) in [5, 5.41) is 16.1. The Balaban J connectivity index is 1.99. The molecule has 2 heterocycles. The van der Waals surface area contributed by atoms with Gasteiger partial charge in [0.15, 0.2) is 0 Å². The van der Waals surface area contributed by atoms with Crippen LogP contribution >= 0.6 is 11.6 Å². The molecular formula is C17H16ClN5O. The van der Waals surface area contributed by atoms with Gasteiger partial charge >= 0.3 is 0 Å². The van der Waals surface area contributed by atoms with Crippen LogP contribution in [-0.2, 0) is 0 Å². The van der Waals surface area contributed by atoms with Gasteiger partial charge in [0.25, 0.3) is 0 Å². The molecule has 0 fully saturated rings. The molecule has 1 aromatic carbocycles. The van der Waals surface area contributed by atoms with E-state index in [2.05, 4.69) is 25.6 Å². The predicted octanol–water partition coefficient (Wildman–Crippen LogP) is 4.07. The SMILES string of the molecule is CCNc1nc(Nc2ccc(O)cc2Cl)cc(-c2cccnc2)n1. The summed E-state index contributed by atoms with van der Waals surface area (Å²) in [6.07, 6.45) is 3.46. The normalized spacial score (nSPS) is 10.4. The van der Waals surface area contributed by atoms with E-state index in [-0.39, 0.29) is 5.75 Å². The zero-order valence-electron chi connectivity index (χ0n) is 13.0. The third kappa shape index (κ3) is 3.72. The zero-order valence-corrected chi connectivity index (χ0v) is 13.7. The summed E-state index contributed by atoms with van der Waals surface area (Å²) in [6, 6.07) is 10.3. The molecule has 24 heavy (non-hydrogen) atoms. The van der Waals surface area contributed by atoms with Crippen LogP contribution in [0, 0.1) is 0 Å². The molecule has 7 heteroatoms. The topological polar surface area (TPSA) is 83.0 Å². The molecule has 122 valence electrons. The summed E-state index contributed by atoms with van der Waals surface area (Å²) in [4.78, 5) is 13.1. The van der Waals surface area contributed by atoms with Crippen LogP contribution in [0.1, 0.15) is 6.92 Å². The summed E-state index contributed by atoms with van der Waals surface area (Å²) in [6.45, 7) is 2.68. The minimum absolute atomic E-state index is 0.109. The smallest absolute Gasteiger partial charge is 0.225 e. The van der Waals surface area contributed by atoms with E-state index in [9.17, 15) is 5.11 Å². The third-order valence-electron chi connectivity index (χ3n) is 3.23. The minimum Gasteiger partial charge on any atom is -0.508 e. The molecule has 0 aliphatic carbocycles. The average molecular weight is 342 g/mol. The largest absolute Gasteiger partial charge is 0.508 e. The van der Waals surface area contributed by atoms with Gasteiger partial charge in [0, 0.05) is 36.6 Å². The van der Waals surface area contributed by atoms with Crippen molar-refractivity contribution < 1.29 is 5.11 Å². The van der Waals surface area contributed by atoms with Crippen LogP contribution < -0.4 is 10.6 Å². The van der Waals surface area contributed by atoms with Gasteiger partial charge in [-0.25, -0.2) is 4.98 Å². The maximum atomic E-state index is 9.46. The quantitative estimate of drug-likeness (QED) is 0.607. The van der Waals surface area contributed by atoms with E-state index in [1.807, 2.05) is 25.1 Å². The maximum Gasteiger partial charge on any atom is 0.225 e. The lowest BCUT2D eigenvalue weighted by Gasteiger charge is -2.11. The van der Waals surface area contributed by atoms with Crippen LogP contribution in [0.25, 0.3) is 11.3 Å². The number of nitrogens with zero attached hydrogens (tertiary/aromatic N) is 3. The number of benzene rings is 1. The molecule has 0 saturated carbocycles. The second-order valence-corrected chi connectivity index (χ2v) is 5.43. The Bertz CT molecular complexity index is 842. The minimum atomic E-state index is 0.109. The zero-order chi connectivity index (χ0) is 16.9. The van der Waals surface area contributed by atoms with Crippen LogP contribution in [0.3, 0.4) is 0 Å². The number of nitrogens with one attached hydrogen (secondary N) is 2. The van der Waals surface area contributed by atoms with Gasteiger partial charge in [0.1, 0.15) is 11.6 Å². The summed E-state index contributed by atoms with van der Waals surface area (Å²) in [5.74, 6) is 1.21. The Labute approximate surface area is 144 Å². The molecule has 6 nitrogen and oxygen atoms in total. The van der Waals surface area contributed by atoms with Gasteiger partial charge in [0.05, 0.1) is 16.4 Å². The molecule has 3 aromatic rings. The third-order valence-corrected chi connectivity index (χ3v) is 3.55. The van der Waals surface area contributed by atoms with Crippen molar-refractivity contribution in [1.29, 1.82) is 0 Å². The molecule has 0 amide bonds. The second kappa shape index (κ2) is 7.14. The first-order valence-corrected chi connectivity index (χ1v) is 7.82. The highest BCUT2D eigenvalue weighted by Crippen LogP contribution is 2.29. The molecule has 0 unspecified atom stereocenters. The van der Waals surface area contributed by atoms with Crippen LogP contribution in [0.2, 0.25) is 5.02 Å². The monoisotopic (exact) mass is 341 g/mol. The van der Waals surface area contributed by atoms with Crippen molar-refractivity contribution in [2.45, 2.75) is 6.92 Å². The summed E-state index contributed by atoms with van der Waals surface area (Å²) < 4.78 is 0. The Hall–Kier alpha value is -2.86. The van der Waals surface area contributed by atoms with E-state index in [4.69, 9.17) is 11.6 Å². The molecular weight excluding hydrogens is 326 g/mol. The van der Waals surface area contributed by atoms with E-state index < -0.39 is 0 Å². The van der Waals surface area contributed by atoms with Crippen molar-refractivity contribution in [2.24, 2.45) is 0 Å². The molecule has 0 bridgehead atoms. The van der Waals surface area contributed by atoms with Crippen molar-refractivity contribution in [3.05, 3.63) is 53.8 Å². The first-order valence-electron chi connectivity index (χ1n) is 7.44. The second-order valence-electron chi connectivity index (χ2n) is 5.02. The molecule has 0 spiro atoms. The number of pyridine rings is 1. The molecule has 3 rings (SSSR count). The van der Waals surface area contributed by atoms with Crippen LogP contribution in [0.5, 0.6) is 5.75 Å². The van der Waals surface area contributed by atoms with Crippen molar-refractivity contribution in [3.8, 4) is 17.0 Å². The fraction of sp³-hybridized carbons (Fsp3) is 0.118. The fourth-order valence-corrected chi connectivity index (χ4v) is 2.38. The number of aromatic nitrogens is 3. The van der Waals surface area contributed by atoms with Gasteiger partial charge in [-0.3, -0.25) is 4.98 Å². The Morgan fingerprint density at radius 1 is 1.17 bits per heavy atom. The standard InChI is InChI=1S/C17H16ClN5O/c1-2-20-17-22-15(11-4-3-7-19-10-11)9-16(23-17)21-14-6-5-12(24)8-13(14)18/h3-10,24H,2H2,1H3,(H2,20,21,22,23). The number of halogens is 1. The van der Waals surface area contributed by atoms with Crippen molar-refractivity contribution in [3.63, 3.8) is 0 Å². The number of rotatable bonds is 5. The maximum absolute atomic E-state index is 9.46. The molecule has 0 aliphatic rings. The Kier molecular flexibility index (Phi) is 4.77. The van der Waals surface area contributed by atoms with Gasteiger partial charge in [-0.2, -0.15) is 4.98 Å². The molecule has 0 aliphatic heterocycles. The molecule has 3 N–H and O–H groups in total. The lowest BCUT2D eigenvalue weighted by Crippen LogP contribution is -2.05. The van der Waals surface area contributed by atoms with E-state index >= 15 is 0 Å². The highest BCUT2D eigenvalue weighted by molar-refractivity contribution is 6.33. The van der Waals surface area contributed by atoms with E-state index in [1.165, 1.54) is 6.07 Å². The Morgan fingerprint density at radius 2 is 2.04 bits per heavy atom. The van der Waals surface area contributed by atoms with E-state index in [1.54, 1.807) is 24.5 Å². The number of aromatic hydroxyl groups is 1. The summed E-state index contributed by atoms with van der Waals surface area (Å²) >= 11 is 6.15. The first-order chi connectivity index (χ1) is 11.7. The first kappa shape index (κ1) is 16.0. The van der Waals surface area contributed by atoms with Gasteiger partial charge in [-0.15, -0.1) is 0 Å². The van der Waals surface area contributed by atoms with Crippen molar-refractivity contribution in [1.82, 2.24) is 15.0 Å². The lowest BCUT2D eigenvalue weighted by molar-refractivity contribution is 0.475. The van der Waals surface area contributed by atoms with Crippen LogP contribution in [-0.4, -0.2) is 26.6 Å². The number of hydrogen-bond acceptors (Lipinski definition) is 6. The number of anilines is 3. The Morgan fingerprint density at radius 3 is 2.75 bits per heavy atom. The lowest BCUT2D eigenvalue weighted by atomic mass is 10.2. The number of phenols is 1. The van der Waals surface area contributed by atoms with Gasteiger partial charge in [-0.05, 0) is 31.2 Å². The van der Waals surface area contributed by atoms with Crippen LogP contribution in [0.4, 0.5) is 17.5 Å². The summed E-state index contributed by atoms with van der Waals surface area (Å²) in [7, 11) is 0. The summed E-state index contributed by atoms with van der Waals surface area (Å²) in [5.41, 5.74) is 2.28. The van der Waals surface area contributed by atoms with E-state index in [0.29, 0.717) is 29.0 Å². The molecule has 2 aromatic heterocycles. The predicted molar refractivity (Wildman–Crippen MR) is 95.8 cm³/mol. The van der Waals surface area contributed by atoms with Gasteiger partial charge in [-0.1, -0.05) is 11.6 Å². The van der Waals surface area contributed by atoms with Crippen molar-refractivity contribution >= 4 is 29.1 Å². The number of hydrogen-bond donors (Lipinski definition) is 3. The van der Waals surface area contributed by atoms with Crippen molar-refractivity contribution in [2.75, 3.05) is 17.2 Å². The van der Waals surface area contributed by atoms with Crippen LogP contribution in [0.15, 0.2) is 48.8 Å². The van der Waals surface area contributed by atoms with E-state index in [0.717, 1.165) is 11.3 Å². The fourth-order valence-electron chi connectivity index (χ4n) is 2.15.